The van der Waals surface area contributed by atoms with E-state index in [1.165, 1.54) is 17.7 Å². The van der Waals surface area contributed by atoms with Gasteiger partial charge in [0.2, 0.25) is 0 Å². The summed E-state index contributed by atoms with van der Waals surface area (Å²) in [4.78, 5) is 0. The lowest BCUT2D eigenvalue weighted by Gasteiger charge is -2.16. The first-order valence-corrected chi connectivity index (χ1v) is 10.1. The van der Waals surface area contributed by atoms with Crippen molar-refractivity contribution in [3.63, 3.8) is 0 Å². The van der Waals surface area contributed by atoms with Crippen LogP contribution in [-0.2, 0) is 19.3 Å². The summed E-state index contributed by atoms with van der Waals surface area (Å²) in [5.41, 5.74) is 3.18. The molecule has 2 aromatic rings. The third kappa shape index (κ3) is 5.31. The molecule has 0 unspecified atom stereocenters. The van der Waals surface area contributed by atoms with E-state index in [-0.39, 0.29) is 11.5 Å². The minimum atomic E-state index is -0.443. The molecule has 0 saturated carbocycles. The highest BCUT2D eigenvalue weighted by Gasteiger charge is 2.15. The van der Waals surface area contributed by atoms with Crippen LogP contribution in [0.5, 0.6) is 5.75 Å². The van der Waals surface area contributed by atoms with E-state index in [4.69, 9.17) is 4.74 Å². The molecular formula is C25H28F2O. The normalized spacial score (nSPS) is 14.6. The zero-order valence-electron chi connectivity index (χ0n) is 16.7. The van der Waals surface area contributed by atoms with Crippen LogP contribution in [0.25, 0.3) is 0 Å². The van der Waals surface area contributed by atoms with E-state index in [2.05, 4.69) is 25.2 Å². The fourth-order valence-electron chi connectivity index (χ4n) is 3.67. The Hall–Kier alpha value is -2.42. The SMILES string of the molecule is CCOc1ccc(CCc2c(F)cc(C[C@@H](C)C3=CCCC=C3)cc2F)cc1. The number of hydrogen-bond donors (Lipinski definition) is 0. The van der Waals surface area contributed by atoms with E-state index < -0.39 is 11.6 Å². The molecule has 1 aliphatic carbocycles. The summed E-state index contributed by atoms with van der Waals surface area (Å²) >= 11 is 0. The molecule has 2 aromatic carbocycles. The zero-order chi connectivity index (χ0) is 19.9. The van der Waals surface area contributed by atoms with E-state index in [0.717, 1.165) is 24.2 Å². The van der Waals surface area contributed by atoms with Gasteiger partial charge in [-0.25, -0.2) is 8.78 Å². The summed E-state index contributed by atoms with van der Waals surface area (Å²) in [5.74, 6) is 0.178. The van der Waals surface area contributed by atoms with Crippen LogP contribution in [0.15, 0.2) is 60.2 Å². The molecule has 148 valence electrons. The Morgan fingerprint density at radius 3 is 2.29 bits per heavy atom. The lowest BCUT2D eigenvalue weighted by molar-refractivity contribution is 0.340. The Morgan fingerprint density at radius 1 is 0.964 bits per heavy atom. The molecule has 3 rings (SSSR count). The number of allylic oxidation sites excluding steroid dienone is 4. The molecule has 0 radical (unpaired) electrons. The van der Waals surface area contributed by atoms with E-state index in [1.54, 1.807) is 0 Å². The molecule has 0 bridgehead atoms. The highest BCUT2D eigenvalue weighted by Crippen LogP contribution is 2.25. The van der Waals surface area contributed by atoms with Crippen molar-refractivity contribution in [3.8, 4) is 5.75 Å². The van der Waals surface area contributed by atoms with Gasteiger partial charge in [0, 0.05) is 5.56 Å². The Kier molecular flexibility index (Phi) is 7.02. The molecule has 1 aliphatic rings. The van der Waals surface area contributed by atoms with Crippen LogP contribution in [0.1, 0.15) is 43.4 Å². The second-order valence-electron chi connectivity index (χ2n) is 7.40. The summed E-state index contributed by atoms with van der Waals surface area (Å²) in [6.45, 7) is 4.66. The monoisotopic (exact) mass is 382 g/mol. The molecule has 0 fully saturated rings. The average molecular weight is 382 g/mol. The predicted octanol–water partition coefficient (Wildman–Crippen LogP) is 6.60. The largest absolute Gasteiger partial charge is 0.494 e. The van der Waals surface area contributed by atoms with Crippen LogP contribution in [-0.4, -0.2) is 6.61 Å². The van der Waals surface area contributed by atoms with Gasteiger partial charge in [-0.05, 0) is 85.9 Å². The van der Waals surface area contributed by atoms with E-state index in [1.807, 2.05) is 31.2 Å². The highest BCUT2D eigenvalue weighted by molar-refractivity contribution is 5.32. The minimum absolute atomic E-state index is 0.169. The topological polar surface area (TPSA) is 9.23 Å². The molecule has 0 spiro atoms. The van der Waals surface area contributed by atoms with Crippen LogP contribution in [0.3, 0.4) is 0 Å². The number of benzene rings is 2. The number of halogens is 2. The van der Waals surface area contributed by atoms with E-state index >= 15 is 0 Å². The van der Waals surface area contributed by atoms with Gasteiger partial charge in [-0.3, -0.25) is 0 Å². The van der Waals surface area contributed by atoms with Crippen molar-refractivity contribution < 1.29 is 13.5 Å². The maximum absolute atomic E-state index is 14.6. The van der Waals surface area contributed by atoms with Crippen LogP contribution >= 0.6 is 0 Å². The fourth-order valence-corrected chi connectivity index (χ4v) is 3.67. The molecular weight excluding hydrogens is 354 g/mol. The first-order valence-electron chi connectivity index (χ1n) is 10.1. The number of rotatable bonds is 8. The molecule has 1 atom stereocenters. The average Bonchev–Trinajstić information content (AvgIpc) is 2.69. The summed E-state index contributed by atoms with van der Waals surface area (Å²) in [6, 6.07) is 10.7. The third-order valence-corrected chi connectivity index (χ3v) is 5.23. The van der Waals surface area contributed by atoms with E-state index in [0.29, 0.717) is 31.4 Å². The maximum atomic E-state index is 14.6. The molecule has 0 N–H and O–H groups in total. The van der Waals surface area contributed by atoms with Crippen molar-refractivity contribution >= 4 is 0 Å². The number of aryl methyl sites for hydroxylation is 1. The first kappa shape index (κ1) is 20.3. The second kappa shape index (κ2) is 9.68. The highest BCUT2D eigenvalue weighted by atomic mass is 19.1. The van der Waals surface area contributed by atoms with Gasteiger partial charge in [0.15, 0.2) is 0 Å². The van der Waals surface area contributed by atoms with Gasteiger partial charge in [-0.1, -0.05) is 37.3 Å². The lowest BCUT2D eigenvalue weighted by Crippen LogP contribution is -2.06. The van der Waals surface area contributed by atoms with Gasteiger partial charge < -0.3 is 4.74 Å². The van der Waals surface area contributed by atoms with Crippen molar-refractivity contribution in [1.82, 2.24) is 0 Å². The minimum Gasteiger partial charge on any atom is -0.494 e. The maximum Gasteiger partial charge on any atom is 0.129 e. The summed E-state index contributed by atoms with van der Waals surface area (Å²) in [5, 5.41) is 0. The summed E-state index contributed by atoms with van der Waals surface area (Å²) in [7, 11) is 0. The number of ether oxygens (including phenoxy) is 1. The van der Waals surface area contributed by atoms with Crippen LogP contribution in [0, 0.1) is 17.6 Å². The standard InChI is InChI=1S/C25H28F2O/c1-3-28-22-12-9-19(10-13-22)11-14-23-24(26)16-20(17-25(23)27)15-18(2)21-7-5-4-6-8-21/h5,7-10,12-13,16-18H,3-4,6,11,14-15H2,1-2H3/t18-/m1/s1. The fraction of sp³-hybridized carbons (Fsp3) is 0.360. The van der Waals surface area contributed by atoms with Gasteiger partial charge in [-0.15, -0.1) is 0 Å². The lowest BCUT2D eigenvalue weighted by atomic mass is 9.89. The van der Waals surface area contributed by atoms with Crippen molar-refractivity contribution in [2.75, 3.05) is 6.61 Å². The van der Waals surface area contributed by atoms with Crippen LogP contribution in [0.4, 0.5) is 8.78 Å². The van der Waals surface area contributed by atoms with Crippen LogP contribution in [0.2, 0.25) is 0 Å². The van der Waals surface area contributed by atoms with E-state index in [9.17, 15) is 8.78 Å². The smallest absolute Gasteiger partial charge is 0.129 e. The van der Waals surface area contributed by atoms with Gasteiger partial charge >= 0.3 is 0 Å². The van der Waals surface area contributed by atoms with Gasteiger partial charge in [0.1, 0.15) is 17.4 Å². The Balaban J connectivity index is 1.64. The Morgan fingerprint density at radius 2 is 1.68 bits per heavy atom. The molecule has 0 heterocycles. The second-order valence-corrected chi connectivity index (χ2v) is 7.40. The Labute approximate surface area is 166 Å². The quantitative estimate of drug-likeness (QED) is 0.499. The molecule has 0 amide bonds. The molecule has 0 aromatic heterocycles. The number of hydrogen-bond acceptors (Lipinski definition) is 1. The molecule has 28 heavy (non-hydrogen) atoms. The summed E-state index contributed by atoms with van der Waals surface area (Å²) in [6.07, 6.45) is 10.2. The first-order chi connectivity index (χ1) is 13.6. The third-order valence-electron chi connectivity index (χ3n) is 5.23. The predicted molar refractivity (Wildman–Crippen MR) is 111 cm³/mol. The molecule has 1 nitrogen and oxygen atoms in total. The van der Waals surface area contributed by atoms with Gasteiger partial charge in [0.05, 0.1) is 6.61 Å². The van der Waals surface area contributed by atoms with Crippen molar-refractivity contribution in [2.45, 2.75) is 46.0 Å². The molecule has 0 saturated heterocycles. The zero-order valence-corrected chi connectivity index (χ0v) is 16.7. The van der Waals surface area contributed by atoms with Crippen molar-refractivity contribution in [3.05, 3.63) is 88.5 Å². The summed E-state index contributed by atoms with van der Waals surface area (Å²) < 4.78 is 34.6. The van der Waals surface area contributed by atoms with Crippen molar-refractivity contribution in [1.29, 1.82) is 0 Å². The van der Waals surface area contributed by atoms with Crippen molar-refractivity contribution in [2.24, 2.45) is 5.92 Å². The Bertz CT molecular complexity index is 826. The molecule has 0 aliphatic heterocycles. The van der Waals surface area contributed by atoms with Gasteiger partial charge in [0.25, 0.3) is 0 Å². The molecule has 3 heteroatoms. The van der Waals surface area contributed by atoms with Crippen LogP contribution < -0.4 is 4.74 Å². The van der Waals surface area contributed by atoms with Gasteiger partial charge in [-0.2, -0.15) is 0 Å².